The molecule has 2 amide bonds. The summed E-state index contributed by atoms with van der Waals surface area (Å²) >= 11 is 0. The van der Waals surface area contributed by atoms with Gasteiger partial charge in [-0.2, -0.15) is 0 Å². The Morgan fingerprint density at radius 3 is 2.45 bits per heavy atom. The summed E-state index contributed by atoms with van der Waals surface area (Å²) in [6.07, 6.45) is 2.03. The second kappa shape index (κ2) is 12.4. The maximum atomic E-state index is 13.7. The van der Waals surface area contributed by atoms with E-state index in [0.717, 1.165) is 17.0 Å². The lowest BCUT2D eigenvalue weighted by Crippen LogP contribution is -2.49. The average molecular weight is 518 g/mol. The van der Waals surface area contributed by atoms with Gasteiger partial charge in [0, 0.05) is 37.4 Å². The SMILES string of the molecule is CCOC(=O)CCC(=O)N(CC(=O)N1CCn2cccc2C1c1cccc(Oc2ccccc2)c1)C(C)C. The van der Waals surface area contributed by atoms with Gasteiger partial charge in [0.2, 0.25) is 11.8 Å². The van der Waals surface area contributed by atoms with Gasteiger partial charge in [0.15, 0.2) is 0 Å². The number of para-hydroxylation sites is 1. The number of carbonyl (C=O) groups excluding carboxylic acids is 3. The summed E-state index contributed by atoms with van der Waals surface area (Å²) < 4.78 is 13.2. The van der Waals surface area contributed by atoms with E-state index in [0.29, 0.717) is 18.8 Å². The maximum Gasteiger partial charge on any atom is 0.306 e. The smallest absolute Gasteiger partial charge is 0.306 e. The predicted octanol–water partition coefficient (Wildman–Crippen LogP) is 4.79. The Morgan fingerprint density at radius 1 is 0.947 bits per heavy atom. The van der Waals surface area contributed by atoms with Crippen LogP contribution in [0.4, 0.5) is 0 Å². The summed E-state index contributed by atoms with van der Waals surface area (Å²) in [5.74, 6) is 0.623. The van der Waals surface area contributed by atoms with Gasteiger partial charge in [0.1, 0.15) is 18.0 Å². The first-order valence-electron chi connectivity index (χ1n) is 13.1. The minimum Gasteiger partial charge on any atom is -0.466 e. The van der Waals surface area contributed by atoms with Crippen LogP contribution < -0.4 is 4.74 Å². The van der Waals surface area contributed by atoms with Crippen LogP contribution in [0.5, 0.6) is 11.5 Å². The van der Waals surface area contributed by atoms with E-state index in [9.17, 15) is 14.4 Å². The highest BCUT2D eigenvalue weighted by molar-refractivity contribution is 5.87. The quantitative estimate of drug-likeness (QED) is 0.361. The molecule has 1 atom stereocenters. The fourth-order valence-electron chi connectivity index (χ4n) is 4.76. The van der Waals surface area contributed by atoms with Crippen LogP contribution in [0, 0.1) is 0 Å². The molecule has 200 valence electrons. The number of nitrogens with zero attached hydrogens (tertiary/aromatic N) is 3. The second-order valence-electron chi connectivity index (χ2n) is 9.52. The van der Waals surface area contributed by atoms with Gasteiger partial charge < -0.3 is 23.8 Å². The van der Waals surface area contributed by atoms with Crippen LogP contribution >= 0.6 is 0 Å². The largest absolute Gasteiger partial charge is 0.466 e. The molecule has 2 heterocycles. The number of aromatic nitrogens is 1. The summed E-state index contributed by atoms with van der Waals surface area (Å²) in [6.45, 7) is 6.87. The molecule has 1 aliphatic heterocycles. The molecule has 0 aliphatic carbocycles. The summed E-state index contributed by atoms with van der Waals surface area (Å²) in [4.78, 5) is 41.9. The minimum atomic E-state index is -0.412. The van der Waals surface area contributed by atoms with Crippen LogP contribution in [0.1, 0.15) is 50.9 Å². The van der Waals surface area contributed by atoms with Gasteiger partial charge in [0.05, 0.1) is 19.1 Å². The van der Waals surface area contributed by atoms with Gasteiger partial charge in [-0.3, -0.25) is 14.4 Å². The summed E-state index contributed by atoms with van der Waals surface area (Å²) in [5, 5.41) is 0. The molecule has 4 rings (SSSR count). The molecule has 38 heavy (non-hydrogen) atoms. The van der Waals surface area contributed by atoms with E-state index < -0.39 is 5.97 Å². The zero-order valence-corrected chi connectivity index (χ0v) is 22.2. The molecule has 0 radical (unpaired) electrons. The lowest BCUT2D eigenvalue weighted by Gasteiger charge is -2.39. The molecular weight excluding hydrogens is 482 g/mol. The van der Waals surface area contributed by atoms with E-state index in [1.165, 1.54) is 0 Å². The van der Waals surface area contributed by atoms with Crippen molar-refractivity contribution in [1.82, 2.24) is 14.4 Å². The Balaban J connectivity index is 1.55. The fourth-order valence-corrected chi connectivity index (χ4v) is 4.76. The molecule has 3 aromatic rings. The molecule has 0 saturated heterocycles. The van der Waals surface area contributed by atoms with Gasteiger partial charge in [-0.25, -0.2) is 0 Å². The van der Waals surface area contributed by atoms with Crippen molar-refractivity contribution in [3.63, 3.8) is 0 Å². The Labute approximate surface area is 223 Å². The highest BCUT2D eigenvalue weighted by atomic mass is 16.5. The molecule has 1 aromatic heterocycles. The normalized spacial score (nSPS) is 14.6. The number of fused-ring (bicyclic) bond motifs is 1. The van der Waals surface area contributed by atoms with Crippen LogP contribution in [0.15, 0.2) is 72.9 Å². The average Bonchev–Trinajstić information content (AvgIpc) is 3.39. The molecule has 8 heteroatoms. The Hall–Kier alpha value is -4.07. The molecule has 0 spiro atoms. The van der Waals surface area contributed by atoms with E-state index in [1.54, 1.807) is 11.8 Å². The highest BCUT2D eigenvalue weighted by Crippen LogP contribution is 2.35. The number of hydrogen-bond donors (Lipinski definition) is 0. The zero-order valence-electron chi connectivity index (χ0n) is 22.2. The number of esters is 1. The highest BCUT2D eigenvalue weighted by Gasteiger charge is 2.34. The third-order valence-corrected chi connectivity index (χ3v) is 6.61. The third kappa shape index (κ3) is 6.43. The third-order valence-electron chi connectivity index (χ3n) is 6.61. The van der Waals surface area contributed by atoms with Crippen LogP contribution in [0.25, 0.3) is 0 Å². The standard InChI is InChI=1S/C30H35N3O5/c1-4-37-29(36)16-15-27(34)33(22(2)3)21-28(35)32-19-18-31-17-9-14-26(31)30(32)23-10-8-13-25(20-23)38-24-11-6-5-7-12-24/h5-14,17,20,22,30H,4,15-16,18-19,21H2,1-3H3. The van der Waals surface area contributed by atoms with Crippen molar-refractivity contribution in [2.75, 3.05) is 19.7 Å². The van der Waals surface area contributed by atoms with E-state index >= 15 is 0 Å². The maximum absolute atomic E-state index is 13.7. The summed E-state index contributed by atoms with van der Waals surface area (Å²) in [7, 11) is 0. The van der Waals surface area contributed by atoms with Gasteiger partial charge in [-0.05, 0) is 62.7 Å². The molecule has 0 N–H and O–H groups in total. The first-order chi connectivity index (χ1) is 18.4. The lowest BCUT2D eigenvalue weighted by molar-refractivity contribution is -0.147. The lowest BCUT2D eigenvalue weighted by atomic mass is 9.99. The van der Waals surface area contributed by atoms with E-state index in [4.69, 9.17) is 9.47 Å². The Morgan fingerprint density at radius 2 is 1.71 bits per heavy atom. The van der Waals surface area contributed by atoms with Crippen LogP contribution in [0.2, 0.25) is 0 Å². The van der Waals surface area contributed by atoms with Crippen molar-refractivity contribution < 1.29 is 23.9 Å². The molecule has 1 unspecified atom stereocenters. The van der Waals surface area contributed by atoms with Crippen molar-refractivity contribution in [1.29, 1.82) is 0 Å². The van der Waals surface area contributed by atoms with Crippen LogP contribution in [0.3, 0.4) is 0 Å². The first-order valence-corrected chi connectivity index (χ1v) is 13.1. The van der Waals surface area contributed by atoms with Crippen molar-refractivity contribution in [3.8, 4) is 11.5 Å². The number of hydrogen-bond acceptors (Lipinski definition) is 5. The van der Waals surface area contributed by atoms with Crippen molar-refractivity contribution in [2.24, 2.45) is 0 Å². The molecule has 0 saturated carbocycles. The fraction of sp³-hybridized carbons (Fsp3) is 0.367. The van der Waals surface area contributed by atoms with Crippen molar-refractivity contribution >= 4 is 17.8 Å². The Kier molecular flexibility index (Phi) is 8.84. The van der Waals surface area contributed by atoms with Gasteiger partial charge >= 0.3 is 5.97 Å². The van der Waals surface area contributed by atoms with Gasteiger partial charge in [-0.15, -0.1) is 0 Å². The van der Waals surface area contributed by atoms with Crippen LogP contribution in [-0.4, -0.2) is 57.9 Å². The van der Waals surface area contributed by atoms with E-state index in [-0.39, 0.29) is 49.9 Å². The number of amides is 2. The number of ether oxygens (including phenoxy) is 2. The molecule has 0 bridgehead atoms. The summed E-state index contributed by atoms with van der Waals surface area (Å²) in [6, 6.07) is 20.8. The minimum absolute atomic E-state index is 0.00184. The van der Waals surface area contributed by atoms with Crippen molar-refractivity contribution in [2.45, 2.75) is 52.2 Å². The number of rotatable bonds is 10. The second-order valence-corrected chi connectivity index (χ2v) is 9.52. The summed E-state index contributed by atoms with van der Waals surface area (Å²) in [5.41, 5.74) is 1.93. The molecule has 0 fully saturated rings. The van der Waals surface area contributed by atoms with Gasteiger partial charge in [0.25, 0.3) is 0 Å². The topological polar surface area (TPSA) is 81.1 Å². The van der Waals surface area contributed by atoms with Gasteiger partial charge in [-0.1, -0.05) is 30.3 Å². The van der Waals surface area contributed by atoms with E-state index in [2.05, 4.69) is 4.57 Å². The number of carbonyl (C=O) groups is 3. The molecular formula is C30H35N3O5. The molecule has 1 aliphatic rings. The van der Waals surface area contributed by atoms with Crippen LogP contribution in [-0.2, 0) is 25.7 Å². The monoisotopic (exact) mass is 517 g/mol. The van der Waals surface area contributed by atoms with Crippen molar-refractivity contribution in [3.05, 3.63) is 84.2 Å². The number of benzene rings is 2. The van der Waals surface area contributed by atoms with E-state index in [1.807, 2.05) is 91.7 Å². The molecule has 8 nitrogen and oxygen atoms in total. The Bertz CT molecular complexity index is 1250. The molecule has 2 aromatic carbocycles. The zero-order chi connectivity index (χ0) is 27.1. The predicted molar refractivity (Wildman–Crippen MR) is 144 cm³/mol. The first kappa shape index (κ1) is 27.0.